The molecule has 1 aliphatic heterocycles. The monoisotopic (exact) mass is 235 g/mol. The van der Waals surface area contributed by atoms with E-state index in [9.17, 15) is 9.18 Å². The van der Waals surface area contributed by atoms with E-state index in [2.05, 4.69) is 6.92 Å². The van der Waals surface area contributed by atoms with Crippen LogP contribution in [0.5, 0.6) is 0 Å². The van der Waals surface area contributed by atoms with Crippen LogP contribution in [0.3, 0.4) is 0 Å². The molecule has 92 valence electrons. The first kappa shape index (κ1) is 12.1. The molecule has 1 aromatic rings. The van der Waals surface area contributed by atoms with Crippen molar-refractivity contribution < 1.29 is 9.18 Å². The minimum atomic E-state index is -0.415. The van der Waals surface area contributed by atoms with Crippen LogP contribution < -0.4 is 0 Å². The Kier molecular flexibility index (Phi) is 3.18. The van der Waals surface area contributed by atoms with Crippen molar-refractivity contribution in [3.05, 3.63) is 35.1 Å². The Morgan fingerprint density at radius 1 is 1.41 bits per heavy atom. The number of halogens is 1. The molecule has 0 aromatic heterocycles. The molecule has 1 heterocycles. The van der Waals surface area contributed by atoms with Gasteiger partial charge in [0.2, 0.25) is 0 Å². The number of rotatable bonds is 1. The van der Waals surface area contributed by atoms with Crippen LogP contribution in [0, 0.1) is 18.7 Å². The second-order valence-corrected chi connectivity index (χ2v) is 5.13. The molecule has 2 rings (SSSR count). The van der Waals surface area contributed by atoms with Gasteiger partial charge in [-0.05, 0) is 43.9 Å². The van der Waals surface area contributed by atoms with Crippen molar-refractivity contribution in [2.75, 3.05) is 6.54 Å². The van der Waals surface area contributed by atoms with Crippen LogP contribution in [0.2, 0.25) is 0 Å². The number of carbonyl (C=O) groups is 1. The molecule has 0 spiro atoms. The molecule has 1 amide bonds. The lowest BCUT2D eigenvalue weighted by Gasteiger charge is -2.21. The number of amides is 1. The van der Waals surface area contributed by atoms with E-state index in [0.717, 1.165) is 18.5 Å². The first-order chi connectivity index (χ1) is 7.99. The minimum Gasteiger partial charge on any atom is -0.336 e. The molecule has 2 nitrogen and oxygen atoms in total. The number of hydrogen-bond acceptors (Lipinski definition) is 1. The van der Waals surface area contributed by atoms with Gasteiger partial charge in [-0.3, -0.25) is 4.79 Å². The van der Waals surface area contributed by atoms with Gasteiger partial charge >= 0.3 is 0 Å². The van der Waals surface area contributed by atoms with Crippen molar-refractivity contribution >= 4 is 5.91 Å². The van der Waals surface area contributed by atoms with Gasteiger partial charge in [-0.2, -0.15) is 0 Å². The van der Waals surface area contributed by atoms with Gasteiger partial charge in [0.25, 0.3) is 5.91 Å². The van der Waals surface area contributed by atoms with Gasteiger partial charge in [0.15, 0.2) is 0 Å². The van der Waals surface area contributed by atoms with Crippen molar-refractivity contribution in [2.45, 2.75) is 33.2 Å². The highest BCUT2D eigenvalue weighted by Gasteiger charge is 2.31. The molecule has 17 heavy (non-hydrogen) atoms. The average molecular weight is 235 g/mol. The standard InChI is InChI=1S/C14H18FNO/c1-9-4-5-12(13(15)7-9)14(17)16-8-10(2)6-11(16)3/h4-5,7,10-11H,6,8H2,1-3H3. The molecule has 3 heteroatoms. The van der Waals surface area contributed by atoms with Crippen LogP contribution in [0.1, 0.15) is 36.2 Å². The number of likely N-dealkylation sites (tertiary alicyclic amines) is 1. The zero-order valence-electron chi connectivity index (χ0n) is 10.5. The molecule has 0 bridgehead atoms. The largest absolute Gasteiger partial charge is 0.336 e. The summed E-state index contributed by atoms with van der Waals surface area (Å²) < 4.78 is 13.7. The van der Waals surface area contributed by atoms with Gasteiger partial charge in [0, 0.05) is 12.6 Å². The highest BCUT2D eigenvalue weighted by molar-refractivity contribution is 5.95. The minimum absolute atomic E-state index is 0.181. The van der Waals surface area contributed by atoms with E-state index in [1.807, 2.05) is 13.8 Å². The molecule has 1 aromatic carbocycles. The van der Waals surface area contributed by atoms with E-state index in [0.29, 0.717) is 5.92 Å². The molecule has 2 atom stereocenters. The number of nitrogens with zero attached hydrogens (tertiary/aromatic N) is 1. The molecule has 2 unspecified atom stereocenters. The molecule has 1 aliphatic rings. The number of benzene rings is 1. The summed E-state index contributed by atoms with van der Waals surface area (Å²) in [5.41, 5.74) is 1.03. The normalized spacial score (nSPS) is 24.1. The van der Waals surface area contributed by atoms with Crippen LogP contribution in [0.4, 0.5) is 4.39 Å². The highest BCUT2D eigenvalue weighted by atomic mass is 19.1. The Morgan fingerprint density at radius 2 is 2.12 bits per heavy atom. The maximum Gasteiger partial charge on any atom is 0.257 e. The molecule has 0 N–H and O–H groups in total. The van der Waals surface area contributed by atoms with Crippen LogP contribution in [0.15, 0.2) is 18.2 Å². The third-order valence-electron chi connectivity index (χ3n) is 3.40. The summed E-state index contributed by atoms with van der Waals surface area (Å²) in [7, 11) is 0. The van der Waals surface area contributed by atoms with Gasteiger partial charge in [-0.25, -0.2) is 4.39 Å². The van der Waals surface area contributed by atoms with E-state index in [4.69, 9.17) is 0 Å². The maximum absolute atomic E-state index is 13.7. The van der Waals surface area contributed by atoms with Crippen molar-refractivity contribution in [3.8, 4) is 0 Å². The average Bonchev–Trinajstić information content (AvgIpc) is 2.57. The van der Waals surface area contributed by atoms with Gasteiger partial charge in [0.05, 0.1) is 5.56 Å². The van der Waals surface area contributed by atoms with Crippen LogP contribution in [0.25, 0.3) is 0 Å². The number of carbonyl (C=O) groups excluding carboxylic acids is 1. The van der Waals surface area contributed by atoms with Crippen LogP contribution in [-0.2, 0) is 0 Å². The Labute approximate surface area is 101 Å². The predicted octanol–water partition coefficient (Wildman–Crippen LogP) is 3.00. The third-order valence-corrected chi connectivity index (χ3v) is 3.40. The van der Waals surface area contributed by atoms with Crippen molar-refractivity contribution in [1.29, 1.82) is 0 Å². The molecule has 0 radical (unpaired) electrons. The second kappa shape index (κ2) is 4.47. The smallest absolute Gasteiger partial charge is 0.257 e. The summed E-state index contributed by atoms with van der Waals surface area (Å²) in [6.07, 6.45) is 0.999. The van der Waals surface area contributed by atoms with Crippen LogP contribution in [-0.4, -0.2) is 23.4 Å². The quantitative estimate of drug-likeness (QED) is 0.732. The van der Waals surface area contributed by atoms with E-state index in [1.54, 1.807) is 17.0 Å². The topological polar surface area (TPSA) is 20.3 Å². The molecule has 1 saturated heterocycles. The Balaban J connectivity index is 2.25. The van der Waals surface area contributed by atoms with Gasteiger partial charge in [-0.1, -0.05) is 13.0 Å². The Bertz CT molecular complexity index is 444. The summed E-state index contributed by atoms with van der Waals surface area (Å²) in [5, 5.41) is 0. The first-order valence-electron chi connectivity index (χ1n) is 6.06. The summed E-state index contributed by atoms with van der Waals surface area (Å²) in [6.45, 7) is 6.69. The fraction of sp³-hybridized carbons (Fsp3) is 0.500. The van der Waals surface area contributed by atoms with Gasteiger partial charge in [-0.15, -0.1) is 0 Å². The molecular weight excluding hydrogens is 217 g/mol. The summed E-state index contributed by atoms with van der Waals surface area (Å²) in [4.78, 5) is 14.0. The fourth-order valence-electron chi connectivity index (χ4n) is 2.53. The summed E-state index contributed by atoms with van der Waals surface area (Å²) >= 11 is 0. The zero-order valence-corrected chi connectivity index (χ0v) is 10.5. The van der Waals surface area contributed by atoms with Gasteiger partial charge < -0.3 is 4.90 Å². The Hall–Kier alpha value is -1.38. The lowest BCUT2D eigenvalue weighted by Crippen LogP contribution is -2.34. The lowest BCUT2D eigenvalue weighted by molar-refractivity contribution is 0.0739. The molecule has 0 aliphatic carbocycles. The molecule has 0 saturated carbocycles. The van der Waals surface area contributed by atoms with Crippen molar-refractivity contribution in [2.24, 2.45) is 5.92 Å². The zero-order chi connectivity index (χ0) is 12.6. The third kappa shape index (κ3) is 2.33. The summed E-state index contributed by atoms with van der Waals surface area (Å²) in [6, 6.07) is 4.99. The number of hydrogen-bond donors (Lipinski definition) is 0. The van der Waals surface area contributed by atoms with Gasteiger partial charge in [0.1, 0.15) is 5.82 Å². The molecular formula is C14H18FNO. The molecule has 1 fully saturated rings. The van der Waals surface area contributed by atoms with E-state index in [-0.39, 0.29) is 17.5 Å². The SMILES string of the molecule is Cc1ccc(C(=O)N2CC(C)CC2C)c(F)c1. The van der Waals surface area contributed by atoms with Crippen LogP contribution >= 0.6 is 0 Å². The second-order valence-electron chi connectivity index (χ2n) is 5.13. The lowest BCUT2D eigenvalue weighted by atomic mass is 10.1. The van der Waals surface area contributed by atoms with E-state index < -0.39 is 5.82 Å². The Morgan fingerprint density at radius 3 is 2.65 bits per heavy atom. The fourth-order valence-corrected chi connectivity index (χ4v) is 2.53. The first-order valence-corrected chi connectivity index (χ1v) is 6.06. The predicted molar refractivity (Wildman–Crippen MR) is 65.4 cm³/mol. The van der Waals surface area contributed by atoms with Crippen molar-refractivity contribution in [3.63, 3.8) is 0 Å². The van der Waals surface area contributed by atoms with Crippen molar-refractivity contribution in [1.82, 2.24) is 4.90 Å². The van der Waals surface area contributed by atoms with E-state index >= 15 is 0 Å². The number of aryl methyl sites for hydroxylation is 1. The highest BCUT2D eigenvalue weighted by Crippen LogP contribution is 2.25. The summed E-state index contributed by atoms with van der Waals surface area (Å²) in [5.74, 6) is -0.0939. The van der Waals surface area contributed by atoms with E-state index in [1.165, 1.54) is 6.07 Å². The maximum atomic E-state index is 13.7.